The molecule has 0 spiro atoms. The number of carbonyl (C=O) groups is 1. The summed E-state index contributed by atoms with van der Waals surface area (Å²) in [7, 11) is 0. The number of nitrogens with one attached hydrogen (secondary N) is 1. The third-order valence-electron chi connectivity index (χ3n) is 5.46. The third-order valence-corrected chi connectivity index (χ3v) is 6.51. The van der Waals surface area contributed by atoms with Gasteiger partial charge in [-0.2, -0.15) is 0 Å². The molecule has 0 saturated carbocycles. The van der Waals surface area contributed by atoms with E-state index in [-0.39, 0.29) is 0 Å². The molecule has 4 aromatic rings. The number of ether oxygens (including phenoxy) is 1. The average molecular weight is 525 g/mol. The Bertz CT molecular complexity index is 1300. The monoisotopic (exact) mass is 525 g/mol. The quantitative estimate of drug-likeness (QED) is 0.386. The molecule has 0 unspecified atom stereocenters. The van der Waals surface area contributed by atoms with Crippen LogP contribution in [0.1, 0.15) is 27.7 Å². The first-order valence-electron chi connectivity index (χ1n) is 9.93. The molecule has 7 nitrogen and oxygen atoms in total. The second kappa shape index (κ2) is 7.93. The highest BCUT2D eigenvalue weighted by molar-refractivity contribution is 14.1. The smallest absolute Gasteiger partial charge is 0.251 e. The van der Waals surface area contributed by atoms with Crippen molar-refractivity contribution in [3.8, 4) is 22.8 Å². The van der Waals surface area contributed by atoms with Gasteiger partial charge in [0.1, 0.15) is 5.75 Å². The van der Waals surface area contributed by atoms with E-state index in [2.05, 4.69) is 37.9 Å². The molecule has 3 N–H and O–H groups in total. The van der Waals surface area contributed by atoms with Crippen molar-refractivity contribution in [1.82, 2.24) is 19.7 Å². The van der Waals surface area contributed by atoms with E-state index >= 15 is 0 Å². The van der Waals surface area contributed by atoms with Gasteiger partial charge < -0.3 is 20.2 Å². The fourth-order valence-corrected chi connectivity index (χ4v) is 4.72. The number of amides is 1. The van der Waals surface area contributed by atoms with Gasteiger partial charge in [0.15, 0.2) is 0 Å². The number of benzene rings is 1. The van der Waals surface area contributed by atoms with E-state index in [1.54, 1.807) is 6.20 Å². The van der Waals surface area contributed by atoms with Crippen molar-refractivity contribution in [2.45, 2.75) is 12.8 Å². The Morgan fingerprint density at radius 1 is 1.23 bits per heavy atom. The Balaban J connectivity index is 1.54. The van der Waals surface area contributed by atoms with Crippen LogP contribution in [0.5, 0.6) is 11.6 Å². The van der Waals surface area contributed by atoms with Crippen molar-refractivity contribution in [1.29, 1.82) is 0 Å². The normalized spacial score (nSPS) is 13.9. The van der Waals surface area contributed by atoms with Crippen LogP contribution in [0.15, 0.2) is 54.9 Å². The minimum Gasteiger partial charge on any atom is -0.439 e. The lowest BCUT2D eigenvalue weighted by Gasteiger charge is -2.26. The molecule has 3 aromatic heterocycles. The molecule has 4 heterocycles. The number of pyridine rings is 1. The first-order chi connectivity index (χ1) is 15.0. The molecule has 0 aliphatic carbocycles. The molecule has 8 heteroatoms. The minimum atomic E-state index is -0.473. The SMILES string of the molecule is Cc1cccc(Oc2ccc(-c3c(C(N)=O)c4cnc(C5CNC5)cn4c3I)cc2)n1. The van der Waals surface area contributed by atoms with Gasteiger partial charge in [0.05, 0.1) is 26.7 Å². The van der Waals surface area contributed by atoms with Gasteiger partial charge >= 0.3 is 0 Å². The van der Waals surface area contributed by atoms with E-state index in [9.17, 15) is 4.79 Å². The minimum absolute atomic E-state index is 0.398. The van der Waals surface area contributed by atoms with E-state index in [4.69, 9.17) is 10.5 Å². The van der Waals surface area contributed by atoms with E-state index in [0.717, 1.165) is 39.3 Å². The number of nitrogens with two attached hydrogens (primary N) is 1. The molecule has 1 amide bonds. The fraction of sp³-hybridized carbons (Fsp3) is 0.174. The average Bonchev–Trinajstić information content (AvgIpc) is 3.00. The first-order valence-corrected chi connectivity index (χ1v) is 11.0. The molecule has 0 radical (unpaired) electrons. The number of fused-ring (bicyclic) bond motifs is 1. The van der Waals surface area contributed by atoms with E-state index in [0.29, 0.717) is 28.6 Å². The van der Waals surface area contributed by atoms with Gasteiger partial charge in [-0.25, -0.2) is 4.98 Å². The number of primary amides is 1. The summed E-state index contributed by atoms with van der Waals surface area (Å²) in [5, 5.41) is 3.27. The Hall–Kier alpha value is -2.98. The fourth-order valence-electron chi connectivity index (χ4n) is 3.74. The number of aryl methyl sites for hydroxylation is 1. The molecule has 1 aliphatic heterocycles. The summed E-state index contributed by atoms with van der Waals surface area (Å²) in [5.41, 5.74) is 10.6. The zero-order valence-electron chi connectivity index (χ0n) is 16.8. The van der Waals surface area contributed by atoms with Crippen molar-refractivity contribution >= 4 is 34.0 Å². The highest BCUT2D eigenvalue weighted by Gasteiger charge is 2.25. The standard InChI is InChI=1S/C23H20IN5O2/c1-13-3-2-4-19(28-13)31-16-7-5-14(6-8-16)20-21(23(25)30)18-11-27-17(15-9-26-10-15)12-29(18)22(20)24/h2-8,11-12,15,26H,9-10H2,1H3,(H2,25,30). The number of hydrogen-bond acceptors (Lipinski definition) is 5. The zero-order valence-corrected chi connectivity index (χ0v) is 19.0. The van der Waals surface area contributed by atoms with Crippen molar-refractivity contribution in [3.63, 3.8) is 0 Å². The molecule has 0 bridgehead atoms. The molecule has 1 aromatic carbocycles. The summed E-state index contributed by atoms with van der Waals surface area (Å²) in [6, 6.07) is 13.2. The Labute approximate surface area is 192 Å². The van der Waals surface area contributed by atoms with Crippen LogP contribution in [0.4, 0.5) is 0 Å². The Morgan fingerprint density at radius 2 is 2.00 bits per heavy atom. The lowest BCUT2D eigenvalue weighted by Crippen LogP contribution is -2.40. The van der Waals surface area contributed by atoms with Crippen molar-refractivity contribution in [2.24, 2.45) is 5.73 Å². The predicted octanol–water partition coefficient (Wildman–Crippen LogP) is 3.89. The molecule has 156 valence electrons. The van der Waals surface area contributed by atoms with Crippen molar-refractivity contribution in [3.05, 3.63) is 75.5 Å². The van der Waals surface area contributed by atoms with Gasteiger partial charge in [0.2, 0.25) is 5.88 Å². The molecular formula is C23H20IN5O2. The molecule has 1 saturated heterocycles. The van der Waals surface area contributed by atoms with Crippen LogP contribution in [-0.4, -0.2) is 33.4 Å². The number of nitrogens with zero attached hydrogens (tertiary/aromatic N) is 3. The molecule has 0 atom stereocenters. The third kappa shape index (κ3) is 3.66. The summed E-state index contributed by atoms with van der Waals surface area (Å²) < 4.78 is 8.79. The maximum atomic E-state index is 12.4. The molecule has 1 fully saturated rings. The molecular weight excluding hydrogens is 505 g/mol. The van der Waals surface area contributed by atoms with Crippen LogP contribution in [0.2, 0.25) is 0 Å². The van der Waals surface area contributed by atoms with Gasteiger partial charge in [-0.3, -0.25) is 9.78 Å². The Morgan fingerprint density at radius 3 is 2.65 bits per heavy atom. The summed E-state index contributed by atoms with van der Waals surface area (Å²) in [6.45, 7) is 3.76. The van der Waals surface area contributed by atoms with Crippen LogP contribution in [0.25, 0.3) is 16.6 Å². The Kier molecular flexibility index (Phi) is 5.11. The van der Waals surface area contributed by atoms with Gasteiger partial charge in [0, 0.05) is 42.5 Å². The van der Waals surface area contributed by atoms with Crippen molar-refractivity contribution in [2.75, 3.05) is 13.1 Å². The van der Waals surface area contributed by atoms with Crippen LogP contribution in [0.3, 0.4) is 0 Å². The molecule has 5 rings (SSSR count). The topological polar surface area (TPSA) is 94.5 Å². The predicted molar refractivity (Wildman–Crippen MR) is 127 cm³/mol. The zero-order chi connectivity index (χ0) is 21.5. The lowest BCUT2D eigenvalue weighted by atomic mass is 10.00. The highest BCUT2D eigenvalue weighted by Crippen LogP contribution is 2.36. The number of hydrogen-bond donors (Lipinski definition) is 2. The summed E-state index contributed by atoms with van der Waals surface area (Å²) in [6.07, 6.45) is 3.76. The van der Waals surface area contributed by atoms with E-state index < -0.39 is 5.91 Å². The molecule has 1 aliphatic rings. The van der Waals surface area contributed by atoms with Crippen LogP contribution >= 0.6 is 22.6 Å². The largest absolute Gasteiger partial charge is 0.439 e. The van der Waals surface area contributed by atoms with E-state index in [1.807, 2.05) is 60.0 Å². The van der Waals surface area contributed by atoms with Crippen molar-refractivity contribution < 1.29 is 9.53 Å². The lowest BCUT2D eigenvalue weighted by molar-refractivity contribution is 0.100. The first kappa shape index (κ1) is 20.0. The van der Waals surface area contributed by atoms with Gasteiger partial charge in [-0.15, -0.1) is 0 Å². The highest BCUT2D eigenvalue weighted by atomic mass is 127. The maximum absolute atomic E-state index is 12.4. The van der Waals surface area contributed by atoms with Gasteiger partial charge in [-0.05, 0) is 53.3 Å². The summed E-state index contributed by atoms with van der Waals surface area (Å²) >= 11 is 2.27. The van der Waals surface area contributed by atoms with Gasteiger partial charge in [0.25, 0.3) is 5.91 Å². The number of halogens is 1. The summed E-state index contributed by atoms with van der Waals surface area (Å²) in [4.78, 5) is 21.3. The maximum Gasteiger partial charge on any atom is 0.251 e. The number of aromatic nitrogens is 3. The second-order valence-electron chi connectivity index (χ2n) is 7.57. The number of rotatable bonds is 5. The summed E-state index contributed by atoms with van der Waals surface area (Å²) in [5.74, 6) is 1.14. The van der Waals surface area contributed by atoms with Crippen LogP contribution in [0, 0.1) is 10.6 Å². The number of carbonyl (C=O) groups excluding carboxylic acids is 1. The van der Waals surface area contributed by atoms with E-state index in [1.165, 1.54) is 0 Å². The van der Waals surface area contributed by atoms with Crippen LogP contribution in [-0.2, 0) is 0 Å². The second-order valence-corrected chi connectivity index (χ2v) is 8.59. The van der Waals surface area contributed by atoms with Gasteiger partial charge in [-0.1, -0.05) is 18.2 Å². The van der Waals surface area contributed by atoms with Crippen LogP contribution < -0.4 is 15.8 Å². The molecule has 31 heavy (non-hydrogen) atoms.